The summed E-state index contributed by atoms with van der Waals surface area (Å²) in [6.45, 7) is 8.26. The van der Waals surface area contributed by atoms with Crippen LogP contribution in [-0.4, -0.2) is 17.6 Å². The predicted molar refractivity (Wildman–Crippen MR) is 70.7 cm³/mol. The number of allylic oxidation sites excluding steroid dienone is 1. The van der Waals surface area contributed by atoms with Gasteiger partial charge in [-0.15, -0.1) is 0 Å². The van der Waals surface area contributed by atoms with E-state index in [9.17, 15) is 0 Å². The van der Waals surface area contributed by atoms with Gasteiger partial charge in [-0.2, -0.15) is 0 Å². The Bertz CT molecular complexity index is 348. The lowest BCUT2D eigenvalue weighted by Crippen LogP contribution is -2.22. The third-order valence-corrected chi connectivity index (χ3v) is 2.26. The van der Waals surface area contributed by atoms with Crippen molar-refractivity contribution < 1.29 is 4.74 Å². The fraction of sp³-hybridized carbons (Fsp3) is 0.500. The third kappa shape index (κ3) is 6.19. The molecule has 1 heterocycles. The maximum atomic E-state index is 5.47. The molecule has 0 unspecified atom stereocenters. The van der Waals surface area contributed by atoms with Gasteiger partial charge in [0.05, 0.1) is 24.6 Å². The number of hydrogen-bond donors (Lipinski definition) is 1. The van der Waals surface area contributed by atoms with Crippen molar-refractivity contribution in [2.75, 3.05) is 6.61 Å². The van der Waals surface area contributed by atoms with Crippen LogP contribution in [0.3, 0.4) is 0 Å². The number of pyridine rings is 1. The summed E-state index contributed by atoms with van der Waals surface area (Å²) < 4.78 is 5.47. The largest absolute Gasteiger partial charge is 0.371 e. The summed E-state index contributed by atoms with van der Waals surface area (Å²) >= 11 is 0. The molecule has 0 aliphatic carbocycles. The van der Waals surface area contributed by atoms with Crippen molar-refractivity contribution in [3.8, 4) is 0 Å². The van der Waals surface area contributed by atoms with Crippen LogP contribution in [0.4, 0.5) is 0 Å². The van der Waals surface area contributed by atoms with E-state index in [-0.39, 0.29) is 0 Å². The Balaban J connectivity index is 2.42. The van der Waals surface area contributed by atoms with Crippen molar-refractivity contribution in [3.05, 3.63) is 41.7 Å². The van der Waals surface area contributed by atoms with Crippen LogP contribution in [0.5, 0.6) is 0 Å². The molecule has 0 aromatic carbocycles. The molecule has 3 heteroatoms. The Morgan fingerprint density at radius 2 is 2.12 bits per heavy atom. The topological polar surface area (TPSA) is 34.1 Å². The number of nitrogens with one attached hydrogen (secondary N) is 1. The summed E-state index contributed by atoms with van der Waals surface area (Å²) in [7, 11) is 0. The van der Waals surface area contributed by atoms with E-state index in [4.69, 9.17) is 4.74 Å². The molecular weight excluding hydrogens is 212 g/mol. The van der Waals surface area contributed by atoms with E-state index in [0.717, 1.165) is 17.9 Å². The van der Waals surface area contributed by atoms with Crippen LogP contribution in [0, 0.1) is 0 Å². The SMILES string of the molecule is C/C=C/COCc1cccc(CNC(C)C)n1. The van der Waals surface area contributed by atoms with Gasteiger partial charge in [-0.25, -0.2) is 0 Å². The Morgan fingerprint density at radius 1 is 1.35 bits per heavy atom. The van der Waals surface area contributed by atoms with Gasteiger partial charge < -0.3 is 10.1 Å². The van der Waals surface area contributed by atoms with E-state index in [0.29, 0.717) is 19.3 Å². The molecule has 3 nitrogen and oxygen atoms in total. The number of hydrogen-bond acceptors (Lipinski definition) is 3. The molecule has 1 rings (SSSR count). The fourth-order valence-electron chi connectivity index (χ4n) is 1.34. The average molecular weight is 234 g/mol. The first-order valence-electron chi connectivity index (χ1n) is 6.09. The lowest BCUT2D eigenvalue weighted by Gasteiger charge is -2.08. The van der Waals surface area contributed by atoms with Crippen molar-refractivity contribution in [2.45, 2.75) is 40.0 Å². The predicted octanol–water partition coefficient (Wildman–Crippen LogP) is 2.67. The Kier molecular flexibility index (Phi) is 6.51. The molecule has 0 fully saturated rings. The molecule has 0 saturated heterocycles. The molecule has 17 heavy (non-hydrogen) atoms. The lowest BCUT2D eigenvalue weighted by molar-refractivity contribution is 0.145. The minimum Gasteiger partial charge on any atom is -0.371 e. The molecule has 1 aromatic heterocycles. The normalized spacial score (nSPS) is 11.5. The maximum Gasteiger partial charge on any atom is 0.0892 e. The third-order valence-electron chi connectivity index (χ3n) is 2.26. The van der Waals surface area contributed by atoms with Crippen molar-refractivity contribution in [1.29, 1.82) is 0 Å². The maximum absolute atomic E-state index is 5.47. The van der Waals surface area contributed by atoms with Gasteiger partial charge in [0.25, 0.3) is 0 Å². The van der Waals surface area contributed by atoms with Gasteiger partial charge in [-0.1, -0.05) is 32.1 Å². The first-order chi connectivity index (χ1) is 8.22. The monoisotopic (exact) mass is 234 g/mol. The summed E-state index contributed by atoms with van der Waals surface area (Å²) in [5.41, 5.74) is 2.04. The Morgan fingerprint density at radius 3 is 2.82 bits per heavy atom. The van der Waals surface area contributed by atoms with E-state index >= 15 is 0 Å². The van der Waals surface area contributed by atoms with Crippen LogP contribution in [0.1, 0.15) is 32.2 Å². The minimum atomic E-state index is 0.478. The number of nitrogens with zero attached hydrogens (tertiary/aromatic N) is 1. The van der Waals surface area contributed by atoms with Gasteiger partial charge in [-0.3, -0.25) is 4.98 Å². The van der Waals surface area contributed by atoms with Crippen LogP contribution in [0.25, 0.3) is 0 Å². The minimum absolute atomic E-state index is 0.478. The van der Waals surface area contributed by atoms with Gasteiger partial charge in [0.2, 0.25) is 0 Å². The van der Waals surface area contributed by atoms with E-state index < -0.39 is 0 Å². The summed E-state index contributed by atoms with van der Waals surface area (Å²) in [5.74, 6) is 0. The van der Waals surface area contributed by atoms with Crippen LogP contribution in [-0.2, 0) is 17.9 Å². The molecule has 0 aliphatic heterocycles. The van der Waals surface area contributed by atoms with E-state index in [1.165, 1.54) is 0 Å². The van der Waals surface area contributed by atoms with E-state index in [2.05, 4.69) is 24.1 Å². The Hall–Kier alpha value is -1.19. The first-order valence-corrected chi connectivity index (χ1v) is 6.09. The zero-order valence-electron chi connectivity index (χ0n) is 10.9. The van der Waals surface area contributed by atoms with Gasteiger partial charge in [0.1, 0.15) is 0 Å². The number of ether oxygens (including phenoxy) is 1. The van der Waals surface area contributed by atoms with Crippen molar-refractivity contribution in [2.24, 2.45) is 0 Å². The standard InChI is InChI=1S/C14H22N2O/c1-4-5-9-17-11-14-8-6-7-13(16-14)10-15-12(2)3/h4-8,12,15H,9-11H2,1-3H3/b5-4+. The lowest BCUT2D eigenvalue weighted by atomic mass is 10.3. The molecule has 0 aliphatic rings. The molecule has 0 bridgehead atoms. The zero-order valence-corrected chi connectivity index (χ0v) is 10.9. The number of rotatable bonds is 7. The highest BCUT2D eigenvalue weighted by atomic mass is 16.5. The molecule has 0 saturated carbocycles. The van der Waals surface area contributed by atoms with Crippen LogP contribution < -0.4 is 5.32 Å². The molecular formula is C14H22N2O. The van der Waals surface area contributed by atoms with Crippen molar-refractivity contribution in [3.63, 3.8) is 0 Å². The Labute approximate surface area is 104 Å². The average Bonchev–Trinajstić information content (AvgIpc) is 2.33. The number of aromatic nitrogens is 1. The van der Waals surface area contributed by atoms with Crippen molar-refractivity contribution >= 4 is 0 Å². The molecule has 0 radical (unpaired) electrons. The molecule has 0 spiro atoms. The highest BCUT2D eigenvalue weighted by Crippen LogP contribution is 2.01. The smallest absolute Gasteiger partial charge is 0.0892 e. The summed E-state index contributed by atoms with van der Waals surface area (Å²) in [4.78, 5) is 4.53. The first kappa shape index (κ1) is 13.9. The quantitative estimate of drug-likeness (QED) is 0.582. The van der Waals surface area contributed by atoms with E-state index in [1.807, 2.05) is 37.3 Å². The van der Waals surface area contributed by atoms with Gasteiger partial charge in [0.15, 0.2) is 0 Å². The molecule has 1 N–H and O–H groups in total. The second kappa shape index (κ2) is 7.98. The summed E-state index contributed by atoms with van der Waals surface area (Å²) in [5, 5.41) is 3.35. The second-order valence-electron chi connectivity index (χ2n) is 4.24. The summed E-state index contributed by atoms with van der Waals surface area (Å²) in [6, 6.07) is 6.53. The van der Waals surface area contributed by atoms with Crippen LogP contribution >= 0.6 is 0 Å². The van der Waals surface area contributed by atoms with Crippen LogP contribution in [0.2, 0.25) is 0 Å². The van der Waals surface area contributed by atoms with Gasteiger partial charge in [0, 0.05) is 12.6 Å². The second-order valence-corrected chi connectivity index (χ2v) is 4.24. The van der Waals surface area contributed by atoms with Crippen molar-refractivity contribution in [1.82, 2.24) is 10.3 Å². The fourth-order valence-corrected chi connectivity index (χ4v) is 1.34. The zero-order chi connectivity index (χ0) is 12.5. The highest BCUT2D eigenvalue weighted by molar-refractivity contribution is 5.10. The summed E-state index contributed by atoms with van der Waals surface area (Å²) in [6.07, 6.45) is 3.97. The van der Waals surface area contributed by atoms with Crippen LogP contribution in [0.15, 0.2) is 30.4 Å². The van der Waals surface area contributed by atoms with Gasteiger partial charge >= 0.3 is 0 Å². The molecule has 0 atom stereocenters. The molecule has 0 amide bonds. The molecule has 1 aromatic rings. The van der Waals surface area contributed by atoms with Gasteiger partial charge in [-0.05, 0) is 19.1 Å². The highest BCUT2D eigenvalue weighted by Gasteiger charge is 1.99. The van der Waals surface area contributed by atoms with E-state index in [1.54, 1.807) is 0 Å². The molecule has 94 valence electrons.